The van der Waals surface area contributed by atoms with Gasteiger partial charge in [-0.3, -0.25) is 9.13 Å². The maximum Gasteiger partial charge on any atom is 0.330 e. The highest BCUT2D eigenvalue weighted by Crippen LogP contribution is 2.26. The molecule has 4 aromatic heterocycles. The summed E-state index contributed by atoms with van der Waals surface area (Å²) in [4.78, 5) is 26.3. The Balaban J connectivity index is 1.61. The molecule has 0 amide bonds. The van der Waals surface area contributed by atoms with Crippen molar-refractivity contribution in [1.82, 2.24) is 33.7 Å². The second-order valence-corrected chi connectivity index (χ2v) is 7.40. The number of pyridine rings is 1. The number of hydrogen-bond acceptors (Lipinski definition) is 7. The van der Waals surface area contributed by atoms with E-state index in [-0.39, 0.29) is 11.7 Å². The summed E-state index contributed by atoms with van der Waals surface area (Å²) >= 11 is 0. The van der Waals surface area contributed by atoms with Crippen LogP contribution in [0.4, 0.5) is 11.6 Å². The molecule has 0 aliphatic carbocycles. The normalized spacial score (nSPS) is 15.4. The van der Waals surface area contributed by atoms with Crippen LogP contribution in [0.25, 0.3) is 16.8 Å². The third-order valence-corrected chi connectivity index (χ3v) is 5.62. The number of rotatable bonds is 3. The fourth-order valence-electron chi connectivity index (χ4n) is 4.03. The lowest BCUT2D eigenvalue weighted by molar-refractivity contribution is 0.0695. The second-order valence-electron chi connectivity index (χ2n) is 7.40. The number of nitrogens with zero attached hydrogens (tertiary/aromatic N) is 7. The van der Waals surface area contributed by atoms with Gasteiger partial charge >= 0.3 is 5.69 Å². The van der Waals surface area contributed by atoms with E-state index >= 15 is 0 Å². The van der Waals surface area contributed by atoms with E-state index in [1.807, 2.05) is 19.9 Å². The highest BCUT2D eigenvalue weighted by molar-refractivity contribution is 5.74. The van der Waals surface area contributed by atoms with Crippen molar-refractivity contribution in [3.05, 3.63) is 40.3 Å². The summed E-state index contributed by atoms with van der Waals surface area (Å²) in [6, 6.07) is 2.04. The molecule has 10 nitrogen and oxygen atoms in total. The Morgan fingerprint density at radius 1 is 1.21 bits per heavy atom. The highest BCUT2D eigenvalue weighted by Gasteiger charge is 2.23. The van der Waals surface area contributed by atoms with Gasteiger partial charge in [-0.05, 0) is 38.3 Å². The van der Waals surface area contributed by atoms with E-state index in [0.29, 0.717) is 30.3 Å². The summed E-state index contributed by atoms with van der Waals surface area (Å²) in [5.41, 5.74) is 4.87. The van der Waals surface area contributed by atoms with Crippen LogP contribution >= 0.6 is 0 Å². The third-order valence-electron chi connectivity index (χ3n) is 5.62. The summed E-state index contributed by atoms with van der Waals surface area (Å²) in [6.45, 7) is 5.28. The van der Waals surface area contributed by atoms with E-state index < -0.39 is 0 Å². The Labute approximate surface area is 166 Å². The predicted octanol–water partition coefficient (Wildman–Crippen LogP) is 1.88. The van der Waals surface area contributed by atoms with Crippen molar-refractivity contribution in [1.29, 1.82) is 0 Å². The first kappa shape index (κ1) is 17.8. The van der Waals surface area contributed by atoms with Crippen LogP contribution in [-0.4, -0.2) is 46.9 Å². The minimum atomic E-state index is -0.0743. The van der Waals surface area contributed by atoms with Gasteiger partial charge < -0.3 is 10.1 Å². The van der Waals surface area contributed by atoms with Gasteiger partial charge in [0.1, 0.15) is 11.8 Å². The van der Waals surface area contributed by atoms with Crippen molar-refractivity contribution in [2.75, 3.05) is 18.5 Å². The Hall–Kier alpha value is -3.27. The zero-order valence-corrected chi connectivity index (χ0v) is 16.6. The van der Waals surface area contributed by atoms with Crippen LogP contribution in [0.2, 0.25) is 0 Å². The number of imidazole rings is 1. The van der Waals surface area contributed by atoms with Gasteiger partial charge in [0.2, 0.25) is 5.95 Å². The standard InChI is InChI=1S/C19H22N8O2/c1-11-8-15-21-10-22-27(15)12(2)16(11)23-18-20-9-14-17(24-18)26(19(28)25(14)3)13-4-6-29-7-5-13/h8-10,13H,4-7H2,1-3H3,(H,20,23,24). The summed E-state index contributed by atoms with van der Waals surface area (Å²) in [6.07, 6.45) is 4.82. The third kappa shape index (κ3) is 2.79. The first-order chi connectivity index (χ1) is 14.0. The lowest BCUT2D eigenvalue weighted by Gasteiger charge is -2.22. The summed E-state index contributed by atoms with van der Waals surface area (Å²) in [5, 5.41) is 7.58. The van der Waals surface area contributed by atoms with Crippen molar-refractivity contribution in [2.45, 2.75) is 32.7 Å². The molecular weight excluding hydrogens is 372 g/mol. The number of ether oxygens (including phenoxy) is 1. The molecule has 150 valence electrons. The van der Waals surface area contributed by atoms with Crippen LogP contribution in [0.1, 0.15) is 30.1 Å². The maximum absolute atomic E-state index is 12.9. The van der Waals surface area contributed by atoms with Crippen molar-refractivity contribution >= 4 is 28.4 Å². The molecule has 0 bridgehead atoms. The van der Waals surface area contributed by atoms with Gasteiger partial charge in [0.25, 0.3) is 0 Å². The van der Waals surface area contributed by atoms with Crippen LogP contribution < -0.4 is 11.0 Å². The number of aryl methyl sites for hydroxylation is 3. The summed E-state index contributed by atoms with van der Waals surface area (Å²) < 4.78 is 10.6. The van der Waals surface area contributed by atoms with Crippen molar-refractivity contribution in [2.24, 2.45) is 7.05 Å². The van der Waals surface area contributed by atoms with Crippen LogP contribution in [0.3, 0.4) is 0 Å². The molecule has 0 spiro atoms. The van der Waals surface area contributed by atoms with E-state index in [2.05, 4.69) is 20.4 Å². The van der Waals surface area contributed by atoms with Gasteiger partial charge in [0.15, 0.2) is 11.3 Å². The molecule has 29 heavy (non-hydrogen) atoms. The van der Waals surface area contributed by atoms with E-state index in [1.54, 1.807) is 26.9 Å². The first-order valence-corrected chi connectivity index (χ1v) is 9.63. The Bertz CT molecular complexity index is 1280. The van der Waals surface area contributed by atoms with Crippen LogP contribution in [-0.2, 0) is 11.8 Å². The smallest absolute Gasteiger partial charge is 0.330 e. The number of aromatic nitrogens is 7. The van der Waals surface area contributed by atoms with Crippen molar-refractivity contribution in [3.63, 3.8) is 0 Å². The molecule has 1 fully saturated rings. The number of fused-ring (bicyclic) bond motifs is 2. The molecule has 10 heteroatoms. The molecule has 4 aromatic rings. The van der Waals surface area contributed by atoms with Gasteiger partial charge in [-0.2, -0.15) is 10.1 Å². The van der Waals surface area contributed by atoms with Gasteiger partial charge in [0.05, 0.1) is 17.6 Å². The molecule has 5 rings (SSSR count). The van der Waals surface area contributed by atoms with E-state index in [9.17, 15) is 4.79 Å². The lowest BCUT2D eigenvalue weighted by atomic mass is 10.1. The van der Waals surface area contributed by atoms with E-state index in [4.69, 9.17) is 9.72 Å². The van der Waals surface area contributed by atoms with E-state index in [1.165, 1.54) is 6.33 Å². The van der Waals surface area contributed by atoms with E-state index in [0.717, 1.165) is 35.4 Å². The lowest BCUT2D eigenvalue weighted by Crippen LogP contribution is -2.30. The number of hydrogen-bond donors (Lipinski definition) is 1. The predicted molar refractivity (Wildman–Crippen MR) is 108 cm³/mol. The topological polar surface area (TPSA) is 104 Å². The minimum Gasteiger partial charge on any atom is -0.381 e. The van der Waals surface area contributed by atoms with Crippen molar-refractivity contribution < 1.29 is 4.74 Å². The molecule has 0 radical (unpaired) electrons. The Morgan fingerprint density at radius 2 is 2.00 bits per heavy atom. The molecule has 1 N–H and O–H groups in total. The SMILES string of the molecule is Cc1cc2ncnn2c(C)c1Nc1ncc2c(n1)n(C1CCOCC1)c(=O)n2C. The number of anilines is 2. The molecule has 0 aromatic carbocycles. The molecule has 0 saturated carbocycles. The molecule has 5 heterocycles. The molecule has 0 atom stereocenters. The fraction of sp³-hybridized carbons (Fsp3) is 0.421. The molecular formula is C19H22N8O2. The quantitative estimate of drug-likeness (QED) is 0.566. The van der Waals surface area contributed by atoms with Crippen LogP contribution in [0.15, 0.2) is 23.4 Å². The highest BCUT2D eigenvalue weighted by atomic mass is 16.5. The summed E-state index contributed by atoms with van der Waals surface area (Å²) in [7, 11) is 1.75. The zero-order valence-electron chi connectivity index (χ0n) is 16.6. The molecule has 0 unspecified atom stereocenters. The van der Waals surface area contributed by atoms with Gasteiger partial charge in [0, 0.05) is 26.3 Å². The zero-order chi connectivity index (χ0) is 20.1. The maximum atomic E-state index is 12.9. The largest absolute Gasteiger partial charge is 0.381 e. The monoisotopic (exact) mass is 394 g/mol. The fourth-order valence-corrected chi connectivity index (χ4v) is 4.03. The van der Waals surface area contributed by atoms with Crippen molar-refractivity contribution in [3.8, 4) is 0 Å². The van der Waals surface area contributed by atoms with Gasteiger partial charge in [-0.25, -0.2) is 19.3 Å². The van der Waals surface area contributed by atoms with Crippen LogP contribution in [0.5, 0.6) is 0 Å². The second kappa shape index (κ2) is 6.66. The van der Waals surface area contributed by atoms with Gasteiger partial charge in [-0.1, -0.05) is 0 Å². The Kier molecular flexibility index (Phi) is 4.09. The minimum absolute atomic E-state index is 0.0743. The molecule has 1 aliphatic rings. The van der Waals surface area contributed by atoms with Crippen LogP contribution in [0, 0.1) is 13.8 Å². The summed E-state index contributed by atoms with van der Waals surface area (Å²) in [5.74, 6) is 0.439. The average molecular weight is 394 g/mol. The first-order valence-electron chi connectivity index (χ1n) is 9.63. The molecule has 1 aliphatic heterocycles. The van der Waals surface area contributed by atoms with Gasteiger partial charge in [-0.15, -0.1) is 0 Å². The Morgan fingerprint density at radius 3 is 2.79 bits per heavy atom. The molecule has 1 saturated heterocycles. The number of nitrogens with one attached hydrogen (secondary N) is 1. The average Bonchev–Trinajstić information content (AvgIpc) is 3.29.